The molecule has 2 rings (SSSR count). The number of morpholine rings is 1. The number of amides is 1. The highest BCUT2D eigenvalue weighted by Gasteiger charge is 2.27. The number of carbonyl (C=O) groups is 1. The smallest absolute Gasteiger partial charge is 0.240 e. The molecule has 0 radical (unpaired) electrons. The van der Waals surface area contributed by atoms with E-state index in [2.05, 4.69) is 10.6 Å². The molecule has 2 atom stereocenters. The van der Waals surface area contributed by atoms with Crippen molar-refractivity contribution in [1.82, 2.24) is 10.6 Å². The summed E-state index contributed by atoms with van der Waals surface area (Å²) in [7, 11) is 1.67. The summed E-state index contributed by atoms with van der Waals surface area (Å²) in [5.41, 5.74) is 2.17. The van der Waals surface area contributed by atoms with Gasteiger partial charge in [0.25, 0.3) is 0 Å². The Morgan fingerprint density at radius 2 is 2.24 bits per heavy atom. The number of hydrogen-bond donors (Lipinski definition) is 2. The maximum atomic E-state index is 12.1. The number of benzene rings is 1. The second-order valence-electron chi connectivity index (χ2n) is 4.98. The monoisotopic (exact) mass is 314 g/mol. The first kappa shape index (κ1) is 17.9. The van der Waals surface area contributed by atoms with Crippen LogP contribution in [0.4, 0.5) is 0 Å². The van der Waals surface area contributed by atoms with Gasteiger partial charge in [-0.05, 0) is 18.1 Å². The molecule has 0 unspecified atom stereocenters. The molecule has 0 aromatic heterocycles. The van der Waals surface area contributed by atoms with Gasteiger partial charge in [0.1, 0.15) is 6.04 Å². The summed E-state index contributed by atoms with van der Waals surface area (Å²) in [6.45, 7) is 4.38. The van der Waals surface area contributed by atoms with Crippen LogP contribution in [-0.4, -0.2) is 38.3 Å². The number of methoxy groups -OCH3 is 1. The van der Waals surface area contributed by atoms with Gasteiger partial charge in [-0.2, -0.15) is 0 Å². The number of carbonyl (C=O) groups excluding carboxylic acids is 1. The molecule has 1 amide bonds. The van der Waals surface area contributed by atoms with Crippen LogP contribution in [0.3, 0.4) is 0 Å². The molecule has 1 fully saturated rings. The van der Waals surface area contributed by atoms with Gasteiger partial charge in [0, 0.05) is 20.2 Å². The van der Waals surface area contributed by atoms with Crippen LogP contribution in [0.2, 0.25) is 0 Å². The van der Waals surface area contributed by atoms with E-state index in [4.69, 9.17) is 9.47 Å². The number of ether oxygens (including phenoxy) is 2. The Labute approximate surface area is 131 Å². The molecule has 1 saturated heterocycles. The normalized spacial score (nSPS) is 21.4. The Morgan fingerprint density at radius 1 is 1.48 bits per heavy atom. The van der Waals surface area contributed by atoms with Gasteiger partial charge in [0.2, 0.25) is 5.91 Å². The summed E-state index contributed by atoms with van der Waals surface area (Å²) in [6, 6.07) is 7.74. The molecule has 0 aliphatic carbocycles. The number of halogens is 1. The van der Waals surface area contributed by atoms with Crippen LogP contribution in [0, 0.1) is 0 Å². The maximum absolute atomic E-state index is 12.1. The van der Waals surface area contributed by atoms with Crippen molar-refractivity contribution >= 4 is 18.3 Å². The molecule has 1 aliphatic heterocycles. The molecule has 1 heterocycles. The van der Waals surface area contributed by atoms with E-state index in [9.17, 15) is 4.79 Å². The van der Waals surface area contributed by atoms with E-state index in [0.717, 1.165) is 11.1 Å². The minimum Gasteiger partial charge on any atom is -0.380 e. The molecule has 118 valence electrons. The fourth-order valence-electron chi connectivity index (χ4n) is 2.32. The maximum Gasteiger partial charge on any atom is 0.240 e. The summed E-state index contributed by atoms with van der Waals surface area (Å²) in [5.74, 6) is -0.0191. The molecule has 5 nitrogen and oxygen atoms in total. The lowest BCUT2D eigenvalue weighted by Crippen LogP contribution is -2.55. The van der Waals surface area contributed by atoms with Gasteiger partial charge in [0.15, 0.2) is 0 Å². The number of rotatable bonds is 5. The van der Waals surface area contributed by atoms with Crippen LogP contribution in [0.1, 0.15) is 18.1 Å². The van der Waals surface area contributed by atoms with Crippen LogP contribution in [-0.2, 0) is 27.4 Å². The summed E-state index contributed by atoms with van der Waals surface area (Å²) >= 11 is 0. The van der Waals surface area contributed by atoms with Crippen molar-refractivity contribution in [2.24, 2.45) is 0 Å². The molecule has 6 heteroatoms. The van der Waals surface area contributed by atoms with Crippen molar-refractivity contribution in [3.63, 3.8) is 0 Å². The minimum atomic E-state index is -0.272. The Balaban J connectivity index is 0.00000220. The number of hydrogen-bond acceptors (Lipinski definition) is 4. The van der Waals surface area contributed by atoms with E-state index in [1.165, 1.54) is 0 Å². The van der Waals surface area contributed by atoms with Crippen molar-refractivity contribution < 1.29 is 14.3 Å². The van der Waals surface area contributed by atoms with Crippen molar-refractivity contribution in [3.8, 4) is 0 Å². The van der Waals surface area contributed by atoms with Crippen LogP contribution < -0.4 is 10.6 Å². The van der Waals surface area contributed by atoms with E-state index >= 15 is 0 Å². The van der Waals surface area contributed by atoms with Gasteiger partial charge in [-0.25, -0.2) is 0 Å². The fraction of sp³-hybridized carbons (Fsp3) is 0.533. The van der Waals surface area contributed by atoms with Crippen molar-refractivity contribution in [3.05, 3.63) is 35.4 Å². The van der Waals surface area contributed by atoms with E-state index in [-0.39, 0.29) is 30.5 Å². The van der Waals surface area contributed by atoms with Gasteiger partial charge < -0.3 is 20.1 Å². The lowest BCUT2D eigenvalue weighted by Gasteiger charge is -2.29. The Morgan fingerprint density at radius 3 is 2.95 bits per heavy atom. The molecule has 1 aromatic carbocycles. The largest absolute Gasteiger partial charge is 0.380 e. The lowest BCUT2D eigenvalue weighted by atomic mass is 10.1. The van der Waals surface area contributed by atoms with Crippen molar-refractivity contribution in [1.29, 1.82) is 0 Å². The second kappa shape index (κ2) is 9.00. The summed E-state index contributed by atoms with van der Waals surface area (Å²) in [5, 5.41) is 6.13. The third-order valence-electron chi connectivity index (χ3n) is 3.37. The zero-order valence-electron chi connectivity index (χ0n) is 12.4. The number of nitrogens with one attached hydrogen (secondary N) is 2. The molecule has 0 saturated carbocycles. The average molecular weight is 315 g/mol. The molecule has 0 spiro atoms. The van der Waals surface area contributed by atoms with E-state index < -0.39 is 0 Å². The average Bonchev–Trinajstić information content (AvgIpc) is 2.46. The third kappa shape index (κ3) is 5.28. The van der Waals surface area contributed by atoms with Crippen LogP contribution in [0.25, 0.3) is 0 Å². The Kier molecular flexibility index (Phi) is 7.67. The van der Waals surface area contributed by atoms with Crippen molar-refractivity contribution in [2.75, 3.05) is 20.3 Å². The van der Waals surface area contributed by atoms with E-state index in [0.29, 0.717) is 26.3 Å². The van der Waals surface area contributed by atoms with E-state index in [1.807, 2.05) is 31.2 Å². The molecular weight excluding hydrogens is 292 g/mol. The van der Waals surface area contributed by atoms with Crippen molar-refractivity contribution in [2.45, 2.75) is 32.2 Å². The summed E-state index contributed by atoms with van der Waals surface area (Å²) in [4.78, 5) is 12.1. The minimum absolute atomic E-state index is 0. The van der Waals surface area contributed by atoms with Crippen LogP contribution in [0.5, 0.6) is 0 Å². The standard InChI is InChI=1S/C15H22N2O3.ClH/c1-11-14(16-6-7-20-11)15(18)17-9-12-4-3-5-13(8-12)10-19-2;/h3-5,8,11,14,16H,6-7,9-10H2,1-2H3,(H,17,18);1H/t11-,14+;/m1./s1. The topological polar surface area (TPSA) is 59.6 Å². The predicted molar refractivity (Wildman–Crippen MR) is 83.5 cm³/mol. The molecular formula is C15H23ClN2O3. The molecule has 1 aromatic rings. The van der Waals surface area contributed by atoms with Gasteiger partial charge in [-0.3, -0.25) is 4.79 Å². The predicted octanol–water partition coefficient (Wildman–Crippen LogP) is 1.25. The van der Waals surface area contributed by atoms with Crippen LogP contribution in [0.15, 0.2) is 24.3 Å². The highest BCUT2D eigenvalue weighted by molar-refractivity contribution is 5.85. The Bertz CT molecular complexity index is 456. The van der Waals surface area contributed by atoms with E-state index in [1.54, 1.807) is 7.11 Å². The highest BCUT2D eigenvalue weighted by Crippen LogP contribution is 2.08. The van der Waals surface area contributed by atoms with Gasteiger partial charge in [-0.15, -0.1) is 12.4 Å². The Hall–Kier alpha value is -1.14. The molecule has 2 N–H and O–H groups in total. The van der Waals surface area contributed by atoms with Gasteiger partial charge in [0.05, 0.1) is 19.3 Å². The molecule has 0 bridgehead atoms. The van der Waals surface area contributed by atoms with Gasteiger partial charge in [-0.1, -0.05) is 24.3 Å². The summed E-state index contributed by atoms with van der Waals surface area (Å²) < 4.78 is 10.6. The zero-order valence-corrected chi connectivity index (χ0v) is 13.2. The van der Waals surface area contributed by atoms with Gasteiger partial charge >= 0.3 is 0 Å². The lowest BCUT2D eigenvalue weighted by molar-refractivity contribution is -0.129. The van der Waals surface area contributed by atoms with Crippen LogP contribution >= 0.6 is 12.4 Å². The first-order chi connectivity index (χ1) is 9.70. The molecule has 21 heavy (non-hydrogen) atoms. The second-order valence-corrected chi connectivity index (χ2v) is 4.98. The first-order valence-corrected chi connectivity index (χ1v) is 6.90. The SMILES string of the molecule is COCc1cccc(CNC(=O)[C@H]2NCCO[C@@H]2C)c1.Cl. The molecule has 1 aliphatic rings. The third-order valence-corrected chi connectivity index (χ3v) is 3.37. The highest BCUT2D eigenvalue weighted by atomic mass is 35.5. The fourth-order valence-corrected chi connectivity index (χ4v) is 2.32. The quantitative estimate of drug-likeness (QED) is 0.859. The summed E-state index contributed by atoms with van der Waals surface area (Å²) in [6.07, 6.45) is -0.0939. The first-order valence-electron chi connectivity index (χ1n) is 6.90. The zero-order chi connectivity index (χ0) is 14.4.